The predicted molar refractivity (Wildman–Crippen MR) is 53.6 cm³/mol. The van der Waals surface area contributed by atoms with E-state index in [1.54, 1.807) is 13.8 Å². The van der Waals surface area contributed by atoms with E-state index < -0.39 is 16.4 Å². The second kappa shape index (κ2) is 4.38. The summed E-state index contributed by atoms with van der Waals surface area (Å²) in [6.07, 6.45) is 0. The van der Waals surface area contributed by atoms with Crippen LogP contribution in [0.15, 0.2) is 0 Å². The quantitative estimate of drug-likeness (QED) is 0.734. The molecule has 3 heteroatoms. The van der Waals surface area contributed by atoms with E-state index >= 15 is 0 Å². The van der Waals surface area contributed by atoms with Crippen molar-refractivity contribution in [1.29, 1.82) is 0 Å². The molecular weight excluding hydrogens is 172 g/mol. The molecule has 0 aliphatic rings. The largest absolute Gasteiger partial charge is 0.389 e. The Bertz CT molecular complexity index is 158. The van der Waals surface area contributed by atoms with E-state index in [1.165, 1.54) is 0 Å². The van der Waals surface area contributed by atoms with Gasteiger partial charge in [0.1, 0.15) is 0 Å². The highest BCUT2D eigenvalue weighted by Gasteiger charge is 2.33. The summed E-state index contributed by atoms with van der Waals surface area (Å²) in [7, 11) is -0.914. The Labute approximate surface area is 77.8 Å². The van der Waals surface area contributed by atoms with Gasteiger partial charge in [-0.2, -0.15) is 0 Å². The Hall–Kier alpha value is 0.110. The molecule has 0 saturated heterocycles. The second-order valence-electron chi connectivity index (χ2n) is 3.99. The molecule has 0 heterocycles. The maximum absolute atomic E-state index is 11.6. The number of rotatable bonds is 4. The molecule has 1 N–H and O–H groups in total. The molecule has 0 fully saturated rings. The van der Waals surface area contributed by atoms with E-state index in [0.29, 0.717) is 5.75 Å². The molecule has 0 spiro atoms. The standard InChI is InChI=1S/C9H20O2S/c1-6-12(11)8(7(2)3)9(4,5)10/h7-8,10H,6H2,1-5H3. The zero-order chi connectivity index (χ0) is 9.94. The summed E-state index contributed by atoms with van der Waals surface area (Å²) in [5, 5.41) is 9.63. The van der Waals surface area contributed by atoms with Crippen LogP contribution in [-0.2, 0) is 10.8 Å². The predicted octanol–water partition coefficient (Wildman–Crippen LogP) is 1.55. The first-order chi connectivity index (χ1) is 5.30. The summed E-state index contributed by atoms with van der Waals surface area (Å²) in [5.41, 5.74) is -0.838. The average Bonchev–Trinajstić information content (AvgIpc) is 1.83. The van der Waals surface area contributed by atoms with Crippen molar-refractivity contribution in [3.8, 4) is 0 Å². The lowest BCUT2D eigenvalue weighted by Crippen LogP contribution is -2.43. The zero-order valence-corrected chi connectivity index (χ0v) is 9.44. The highest BCUT2D eigenvalue weighted by molar-refractivity contribution is 7.85. The fraction of sp³-hybridized carbons (Fsp3) is 1.00. The molecule has 0 rings (SSSR count). The molecule has 2 nitrogen and oxygen atoms in total. The molecule has 0 aromatic carbocycles. The summed E-state index contributed by atoms with van der Waals surface area (Å²) < 4.78 is 11.6. The summed E-state index contributed by atoms with van der Waals surface area (Å²) in [4.78, 5) is 0. The van der Waals surface area contributed by atoms with Crippen LogP contribution >= 0.6 is 0 Å². The summed E-state index contributed by atoms with van der Waals surface area (Å²) >= 11 is 0. The fourth-order valence-corrected chi connectivity index (χ4v) is 3.23. The van der Waals surface area contributed by atoms with Gasteiger partial charge in [0.15, 0.2) is 0 Å². The first-order valence-corrected chi connectivity index (χ1v) is 5.78. The van der Waals surface area contributed by atoms with Gasteiger partial charge in [-0.1, -0.05) is 20.8 Å². The lowest BCUT2D eigenvalue weighted by atomic mass is 9.96. The minimum atomic E-state index is -0.914. The molecule has 2 unspecified atom stereocenters. The topological polar surface area (TPSA) is 37.3 Å². The molecule has 0 aliphatic carbocycles. The van der Waals surface area contributed by atoms with Gasteiger partial charge in [0.05, 0.1) is 10.9 Å². The Morgan fingerprint density at radius 2 is 1.83 bits per heavy atom. The first-order valence-electron chi connectivity index (χ1n) is 4.40. The van der Waals surface area contributed by atoms with Crippen molar-refractivity contribution in [3.05, 3.63) is 0 Å². The molecule has 0 saturated carbocycles. The first kappa shape index (κ1) is 12.1. The normalized spacial score (nSPS) is 17.9. The molecule has 0 aromatic rings. The van der Waals surface area contributed by atoms with Gasteiger partial charge in [-0.15, -0.1) is 0 Å². The highest BCUT2D eigenvalue weighted by Crippen LogP contribution is 2.22. The van der Waals surface area contributed by atoms with Gasteiger partial charge < -0.3 is 5.11 Å². The van der Waals surface area contributed by atoms with Crippen molar-refractivity contribution in [1.82, 2.24) is 0 Å². The molecule has 0 aromatic heterocycles. The second-order valence-corrected chi connectivity index (χ2v) is 5.83. The highest BCUT2D eigenvalue weighted by atomic mass is 32.2. The van der Waals surface area contributed by atoms with E-state index in [9.17, 15) is 9.32 Å². The monoisotopic (exact) mass is 192 g/mol. The average molecular weight is 192 g/mol. The Kier molecular flexibility index (Phi) is 4.42. The van der Waals surface area contributed by atoms with Crippen LogP contribution in [0.3, 0.4) is 0 Å². The fourth-order valence-electron chi connectivity index (χ4n) is 1.62. The molecule has 2 atom stereocenters. The van der Waals surface area contributed by atoms with Gasteiger partial charge in [0.2, 0.25) is 0 Å². The van der Waals surface area contributed by atoms with Crippen LogP contribution in [0.5, 0.6) is 0 Å². The van der Waals surface area contributed by atoms with Crippen LogP contribution < -0.4 is 0 Å². The van der Waals surface area contributed by atoms with Crippen molar-refractivity contribution in [3.63, 3.8) is 0 Å². The molecular formula is C9H20O2S. The zero-order valence-electron chi connectivity index (χ0n) is 8.63. The van der Waals surface area contributed by atoms with Crippen molar-refractivity contribution in [2.75, 3.05) is 5.75 Å². The van der Waals surface area contributed by atoms with Crippen LogP contribution in [-0.4, -0.2) is 25.9 Å². The van der Waals surface area contributed by atoms with Crippen molar-refractivity contribution in [2.24, 2.45) is 5.92 Å². The van der Waals surface area contributed by atoms with E-state index in [4.69, 9.17) is 0 Å². The van der Waals surface area contributed by atoms with Crippen LogP contribution in [0.2, 0.25) is 0 Å². The third-order valence-electron chi connectivity index (χ3n) is 1.87. The van der Waals surface area contributed by atoms with Crippen molar-refractivity contribution >= 4 is 10.8 Å². The third-order valence-corrected chi connectivity index (χ3v) is 4.13. The number of hydrogen-bond donors (Lipinski definition) is 1. The summed E-state index contributed by atoms with van der Waals surface area (Å²) in [6.45, 7) is 9.33. The molecule has 0 aliphatic heterocycles. The van der Waals surface area contributed by atoms with Gasteiger partial charge in [-0.3, -0.25) is 4.21 Å². The molecule has 0 amide bonds. The lowest BCUT2D eigenvalue weighted by molar-refractivity contribution is 0.0635. The molecule has 12 heavy (non-hydrogen) atoms. The van der Waals surface area contributed by atoms with Gasteiger partial charge in [-0.25, -0.2) is 0 Å². The van der Waals surface area contributed by atoms with E-state index in [2.05, 4.69) is 0 Å². The SMILES string of the molecule is CCS(=O)C(C(C)C)C(C)(C)O. The molecule has 0 radical (unpaired) electrons. The minimum Gasteiger partial charge on any atom is -0.389 e. The van der Waals surface area contributed by atoms with Gasteiger partial charge in [-0.05, 0) is 19.8 Å². The van der Waals surface area contributed by atoms with E-state index in [0.717, 1.165) is 0 Å². The van der Waals surface area contributed by atoms with Crippen LogP contribution in [0.4, 0.5) is 0 Å². The summed E-state index contributed by atoms with van der Waals surface area (Å²) in [5.74, 6) is 0.873. The van der Waals surface area contributed by atoms with E-state index in [-0.39, 0.29) is 11.2 Å². The lowest BCUT2D eigenvalue weighted by Gasteiger charge is -2.31. The maximum atomic E-state index is 11.6. The summed E-state index contributed by atoms with van der Waals surface area (Å²) in [6, 6.07) is 0. The van der Waals surface area contributed by atoms with Gasteiger partial charge >= 0.3 is 0 Å². The number of hydrogen-bond acceptors (Lipinski definition) is 2. The van der Waals surface area contributed by atoms with Gasteiger partial charge in [0, 0.05) is 16.6 Å². The molecule has 74 valence electrons. The smallest absolute Gasteiger partial charge is 0.0737 e. The number of aliphatic hydroxyl groups is 1. The van der Waals surface area contributed by atoms with Crippen molar-refractivity contribution < 1.29 is 9.32 Å². The van der Waals surface area contributed by atoms with Crippen LogP contribution in [0.1, 0.15) is 34.6 Å². The molecule has 0 bridgehead atoms. The van der Waals surface area contributed by atoms with Crippen LogP contribution in [0, 0.1) is 5.92 Å². The third kappa shape index (κ3) is 3.23. The Morgan fingerprint density at radius 3 is 1.92 bits per heavy atom. The van der Waals surface area contributed by atoms with Crippen molar-refractivity contribution in [2.45, 2.75) is 45.5 Å². The van der Waals surface area contributed by atoms with E-state index in [1.807, 2.05) is 20.8 Å². The van der Waals surface area contributed by atoms with Gasteiger partial charge in [0.25, 0.3) is 0 Å². The maximum Gasteiger partial charge on any atom is 0.0737 e. The van der Waals surface area contributed by atoms with Crippen LogP contribution in [0.25, 0.3) is 0 Å². The Balaban J connectivity index is 4.56. The Morgan fingerprint density at radius 1 is 1.42 bits per heavy atom. The minimum absolute atomic E-state index is 0.123.